The molecule has 0 spiro atoms. The molecular weight excluding hydrogens is 296 g/mol. The maximum atomic E-state index is 4.73. The van der Waals surface area contributed by atoms with E-state index in [-0.39, 0.29) is 0 Å². The van der Waals surface area contributed by atoms with Crippen molar-refractivity contribution in [1.82, 2.24) is 19.4 Å². The Bertz CT molecular complexity index is 660. The Kier molecular flexibility index (Phi) is 4.65. The molecule has 0 aromatic carbocycles. The molecule has 1 unspecified atom stereocenters. The lowest BCUT2D eigenvalue weighted by atomic mass is 9.84. The number of nitrogens with zero attached hydrogens (tertiary/aromatic N) is 4. The van der Waals surface area contributed by atoms with Gasteiger partial charge >= 0.3 is 0 Å². The Hall–Kier alpha value is -1.68. The highest BCUT2D eigenvalue weighted by molar-refractivity contribution is 5.11. The van der Waals surface area contributed by atoms with E-state index in [1.807, 2.05) is 12.4 Å². The molecular formula is C20H28N4. The quantitative estimate of drug-likeness (QED) is 0.839. The van der Waals surface area contributed by atoms with E-state index in [0.717, 1.165) is 24.9 Å². The van der Waals surface area contributed by atoms with Gasteiger partial charge in [0.25, 0.3) is 0 Å². The van der Waals surface area contributed by atoms with Crippen LogP contribution in [0.15, 0.2) is 30.7 Å². The van der Waals surface area contributed by atoms with Crippen molar-refractivity contribution in [2.75, 3.05) is 13.1 Å². The molecule has 0 amide bonds. The molecule has 2 aromatic rings. The van der Waals surface area contributed by atoms with Gasteiger partial charge in [0.1, 0.15) is 5.82 Å². The average molecular weight is 324 g/mol. The number of piperidine rings is 1. The first-order valence-corrected chi connectivity index (χ1v) is 9.43. The van der Waals surface area contributed by atoms with Gasteiger partial charge in [-0.1, -0.05) is 6.42 Å². The van der Waals surface area contributed by atoms with Gasteiger partial charge in [0.15, 0.2) is 0 Å². The van der Waals surface area contributed by atoms with Crippen molar-refractivity contribution in [2.24, 2.45) is 5.92 Å². The highest BCUT2D eigenvalue weighted by Gasteiger charge is 2.27. The molecule has 2 aliphatic rings. The van der Waals surface area contributed by atoms with Gasteiger partial charge in [-0.2, -0.15) is 0 Å². The van der Waals surface area contributed by atoms with Crippen molar-refractivity contribution in [1.29, 1.82) is 0 Å². The summed E-state index contributed by atoms with van der Waals surface area (Å²) in [5.41, 5.74) is 2.71. The van der Waals surface area contributed by atoms with Gasteiger partial charge in [-0.25, -0.2) is 4.98 Å². The molecule has 1 saturated heterocycles. The van der Waals surface area contributed by atoms with Crippen LogP contribution in [0.5, 0.6) is 0 Å². The van der Waals surface area contributed by atoms with Crippen molar-refractivity contribution < 1.29 is 0 Å². The fraction of sp³-hybridized carbons (Fsp3) is 0.600. The lowest BCUT2D eigenvalue weighted by molar-refractivity contribution is 0.154. The van der Waals surface area contributed by atoms with E-state index in [0.29, 0.717) is 0 Å². The Morgan fingerprint density at radius 1 is 1.12 bits per heavy atom. The lowest BCUT2D eigenvalue weighted by Gasteiger charge is -2.34. The summed E-state index contributed by atoms with van der Waals surface area (Å²) >= 11 is 0. The van der Waals surface area contributed by atoms with Gasteiger partial charge in [0.2, 0.25) is 0 Å². The van der Waals surface area contributed by atoms with Crippen LogP contribution in [0.1, 0.15) is 55.1 Å². The third-order valence-electron chi connectivity index (χ3n) is 5.76. The highest BCUT2D eigenvalue weighted by atomic mass is 15.1. The number of rotatable bonds is 5. The minimum Gasteiger partial charge on any atom is -0.332 e. The van der Waals surface area contributed by atoms with Gasteiger partial charge in [-0.05, 0) is 62.8 Å². The monoisotopic (exact) mass is 324 g/mol. The van der Waals surface area contributed by atoms with Crippen LogP contribution in [0.4, 0.5) is 0 Å². The van der Waals surface area contributed by atoms with E-state index in [1.54, 1.807) is 0 Å². The molecule has 2 aromatic heterocycles. The van der Waals surface area contributed by atoms with Crippen molar-refractivity contribution >= 4 is 0 Å². The zero-order valence-electron chi connectivity index (χ0n) is 14.7. The zero-order chi connectivity index (χ0) is 16.4. The van der Waals surface area contributed by atoms with E-state index >= 15 is 0 Å². The summed E-state index contributed by atoms with van der Waals surface area (Å²) in [6, 6.07) is 4.27. The van der Waals surface area contributed by atoms with E-state index in [9.17, 15) is 0 Å². The van der Waals surface area contributed by atoms with Gasteiger partial charge in [-0.3, -0.25) is 9.88 Å². The van der Waals surface area contributed by atoms with Gasteiger partial charge in [0, 0.05) is 49.8 Å². The van der Waals surface area contributed by atoms with E-state index in [4.69, 9.17) is 4.98 Å². The average Bonchev–Trinajstić information content (AvgIpc) is 2.88. The fourth-order valence-electron chi connectivity index (χ4n) is 4.16. The summed E-state index contributed by atoms with van der Waals surface area (Å²) in [6.45, 7) is 6.83. The maximum Gasteiger partial charge on any atom is 0.111 e. The first-order chi connectivity index (χ1) is 11.8. The van der Waals surface area contributed by atoms with Crippen molar-refractivity contribution in [3.05, 3.63) is 47.8 Å². The molecule has 0 radical (unpaired) electrons. The van der Waals surface area contributed by atoms with Crippen LogP contribution in [-0.2, 0) is 13.1 Å². The van der Waals surface area contributed by atoms with E-state index in [1.165, 1.54) is 62.3 Å². The number of likely N-dealkylation sites (tertiary alicyclic amines) is 1. The lowest BCUT2D eigenvalue weighted by Crippen LogP contribution is -2.37. The number of aryl methyl sites for hydroxylation is 1. The first-order valence-electron chi connectivity index (χ1n) is 9.43. The molecule has 1 saturated carbocycles. The highest BCUT2D eigenvalue weighted by Crippen LogP contribution is 2.36. The molecule has 128 valence electrons. The Morgan fingerprint density at radius 2 is 1.96 bits per heavy atom. The third kappa shape index (κ3) is 3.39. The summed E-state index contributed by atoms with van der Waals surface area (Å²) < 4.78 is 2.52. The molecule has 0 bridgehead atoms. The molecule has 0 N–H and O–H groups in total. The molecule has 1 atom stereocenters. The van der Waals surface area contributed by atoms with Crippen LogP contribution in [0, 0.1) is 12.8 Å². The standard InChI is InChI=1S/C20H28N4/c1-16-12-22-20(19-5-2-6-19)24(16)15-18-4-3-11-23(14-18)13-17-7-9-21-10-8-17/h7-10,12,18-19H,2-6,11,13-15H2,1H3. The van der Waals surface area contributed by atoms with Crippen LogP contribution in [0.2, 0.25) is 0 Å². The number of hydrogen-bond acceptors (Lipinski definition) is 3. The van der Waals surface area contributed by atoms with E-state index < -0.39 is 0 Å². The largest absolute Gasteiger partial charge is 0.332 e. The van der Waals surface area contributed by atoms with Crippen molar-refractivity contribution in [3.8, 4) is 0 Å². The van der Waals surface area contributed by atoms with Crippen LogP contribution in [-0.4, -0.2) is 32.5 Å². The Balaban J connectivity index is 1.41. The molecule has 24 heavy (non-hydrogen) atoms. The molecule has 1 aliphatic heterocycles. The van der Waals surface area contributed by atoms with Crippen LogP contribution in [0.3, 0.4) is 0 Å². The first kappa shape index (κ1) is 15.8. The normalized spacial score (nSPS) is 22.5. The number of aromatic nitrogens is 3. The molecule has 4 nitrogen and oxygen atoms in total. The predicted octanol–water partition coefficient (Wildman–Crippen LogP) is 3.77. The molecule has 1 aliphatic carbocycles. The van der Waals surface area contributed by atoms with Gasteiger partial charge < -0.3 is 4.57 Å². The van der Waals surface area contributed by atoms with Gasteiger partial charge in [-0.15, -0.1) is 0 Å². The molecule has 4 heteroatoms. The summed E-state index contributed by atoms with van der Waals surface area (Å²) in [5, 5.41) is 0. The van der Waals surface area contributed by atoms with Crippen molar-refractivity contribution in [2.45, 2.75) is 58.0 Å². The van der Waals surface area contributed by atoms with Crippen LogP contribution < -0.4 is 0 Å². The summed E-state index contributed by atoms with van der Waals surface area (Å²) in [7, 11) is 0. The second-order valence-electron chi connectivity index (χ2n) is 7.60. The van der Waals surface area contributed by atoms with E-state index in [2.05, 4.69) is 39.7 Å². The molecule has 4 rings (SSSR count). The number of hydrogen-bond donors (Lipinski definition) is 0. The minimum absolute atomic E-state index is 0.718. The molecule has 2 fully saturated rings. The Labute approximate surface area is 144 Å². The fourth-order valence-corrected chi connectivity index (χ4v) is 4.16. The van der Waals surface area contributed by atoms with Gasteiger partial charge in [0.05, 0.1) is 0 Å². The third-order valence-corrected chi connectivity index (χ3v) is 5.76. The van der Waals surface area contributed by atoms with Crippen LogP contribution in [0.25, 0.3) is 0 Å². The Morgan fingerprint density at radius 3 is 2.71 bits per heavy atom. The smallest absolute Gasteiger partial charge is 0.111 e. The predicted molar refractivity (Wildman–Crippen MR) is 95.8 cm³/mol. The maximum absolute atomic E-state index is 4.73. The van der Waals surface area contributed by atoms with Crippen LogP contribution >= 0.6 is 0 Å². The van der Waals surface area contributed by atoms with Crippen molar-refractivity contribution in [3.63, 3.8) is 0 Å². The summed E-state index contributed by atoms with van der Waals surface area (Å²) in [5.74, 6) is 2.81. The second kappa shape index (κ2) is 7.06. The SMILES string of the molecule is Cc1cnc(C2CCC2)n1CC1CCCN(Cc2ccncc2)C1. The molecule has 3 heterocycles. The zero-order valence-corrected chi connectivity index (χ0v) is 14.7. The summed E-state index contributed by atoms with van der Waals surface area (Å²) in [4.78, 5) is 11.5. The summed E-state index contributed by atoms with van der Waals surface area (Å²) in [6.07, 6.45) is 12.6. The minimum atomic E-state index is 0.718. The second-order valence-corrected chi connectivity index (χ2v) is 7.60. The topological polar surface area (TPSA) is 34.0 Å². The number of imidazole rings is 1. The number of pyridine rings is 1.